The fourth-order valence-corrected chi connectivity index (χ4v) is 2.57. The molecule has 0 spiro atoms. The Morgan fingerprint density at radius 2 is 1.70 bits per heavy atom. The van der Waals surface area contributed by atoms with E-state index in [2.05, 4.69) is 26.6 Å². The van der Waals surface area contributed by atoms with Gasteiger partial charge in [-0.2, -0.15) is 0 Å². The van der Waals surface area contributed by atoms with Gasteiger partial charge in [0.2, 0.25) is 0 Å². The average Bonchev–Trinajstić information content (AvgIpc) is 3.16. The molecule has 5 nitrogen and oxygen atoms in total. The molecule has 0 aliphatic rings. The van der Waals surface area contributed by atoms with Crippen LogP contribution in [0.4, 0.5) is 5.69 Å². The third kappa shape index (κ3) is 5.18. The molecule has 0 aliphatic heterocycles. The van der Waals surface area contributed by atoms with Gasteiger partial charge in [0, 0.05) is 21.8 Å². The number of aryl methyl sites for hydroxylation is 1. The first-order valence-electron chi connectivity index (χ1n) is 8.21. The van der Waals surface area contributed by atoms with Gasteiger partial charge in [-0.3, -0.25) is 9.59 Å². The number of anilines is 1. The molecule has 0 aliphatic carbocycles. The summed E-state index contributed by atoms with van der Waals surface area (Å²) in [6.07, 6.45) is 2.98. The zero-order valence-corrected chi connectivity index (χ0v) is 16.1. The smallest absolute Gasteiger partial charge is 0.272 e. The van der Waals surface area contributed by atoms with E-state index in [1.54, 1.807) is 36.4 Å². The van der Waals surface area contributed by atoms with Crippen molar-refractivity contribution in [2.24, 2.45) is 0 Å². The highest BCUT2D eigenvalue weighted by Crippen LogP contribution is 2.16. The van der Waals surface area contributed by atoms with Crippen LogP contribution in [-0.2, 0) is 4.79 Å². The van der Waals surface area contributed by atoms with Crippen molar-refractivity contribution in [3.63, 3.8) is 0 Å². The number of furan rings is 1. The van der Waals surface area contributed by atoms with Crippen LogP contribution in [0.5, 0.6) is 0 Å². The minimum Gasteiger partial charge on any atom is -0.465 e. The van der Waals surface area contributed by atoms with E-state index >= 15 is 0 Å². The SMILES string of the molecule is Cc1ccc(C(=O)N/C(=C\c2ccco2)C(=O)Nc2ccc(Br)cc2)cc1. The molecule has 0 saturated carbocycles. The summed E-state index contributed by atoms with van der Waals surface area (Å²) in [6, 6.07) is 17.7. The number of carbonyl (C=O) groups is 2. The second-order valence-electron chi connectivity index (χ2n) is 5.85. The lowest BCUT2D eigenvalue weighted by Crippen LogP contribution is -2.30. The maximum Gasteiger partial charge on any atom is 0.272 e. The molecule has 2 amide bonds. The zero-order valence-electron chi connectivity index (χ0n) is 14.5. The van der Waals surface area contributed by atoms with E-state index in [-0.39, 0.29) is 11.6 Å². The number of halogens is 1. The van der Waals surface area contributed by atoms with E-state index < -0.39 is 5.91 Å². The summed E-state index contributed by atoms with van der Waals surface area (Å²) in [5.41, 5.74) is 2.20. The van der Waals surface area contributed by atoms with Gasteiger partial charge >= 0.3 is 0 Å². The quantitative estimate of drug-likeness (QED) is 0.579. The monoisotopic (exact) mass is 424 g/mol. The Bertz CT molecular complexity index is 960. The van der Waals surface area contributed by atoms with Crippen LogP contribution in [-0.4, -0.2) is 11.8 Å². The summed E-state index contributed by atoms with van der Waals surface area (Å²) in [6.45, 7) is 1.94. The topological polar surface area (TPSA) is 71.3 Å². The molecule has 0 bridgehead atoms. The molecule has 2 N–H and O–H groups in total. The Morgan fingerprint density at radius 3 is 2.33 bits per heavy atom. The molecule has 0 atom stereocenters. The Kier molecular flexibility index (Phi) is 5.88. The van der Waals surface area contributed by atoms with Crippen molar-refractivity contribution < 1.29 is 14.0 Å². The number of rotatable bonds is 5. The van der Waals surface area contributed by atoms with E-state index in [4.69, 9.17) is 4.42 Å². The van der Waals surface area contributed by atoms with Crippen LogP contribution in [0.15, 0.2) is 81.5 Å². The van der Waals surface area contributed by atoms with Gasteiger partial charge in [0.1, 0.15) is 11.5 Å². The molecule has 136 valence electrons. The molecule has 3 aromatic rings. The third-order valence-corrected chi connectivity index (χ3v) is 4.27. The van der Waals surface area contributed by atoms with Crippen molar-refractivity contribution in [1.82, 2.24) is 5.32 Å². The number of benzene rings is 2. The van der Waals surface area contributed by atoms with E-state index in [0.29, 0.717) is 17.0 Å². The maximum absolute atomic E-state index is 12.7. The molecule has 1 heterocycles. The summed E-state index contributed by atoms with van der Waals surface area (Å²) in [7, 11) is 0. The second-order valence-corrected chi connectivity index (χ2v) is 6.77. The van der Waals surface area contributed by atoms with Gasteiger partial charge in [-0.05, 0) is 55.5 Å². The fourth-order valence-electron chi connectivity index (χ4n) is 2.31. The second kappa shape index (κ2) is 8.51. The van der Waals surface area contributed by atoms with Crippen molar-refractivity contribution in [3.05, 3.63) is 94.0 Å². The molecular weight excluding hydrogens is 408 g/mol. The number of carbonyl (C=O) groups excluding carboxylic acids is 2. The number of hydrogen-bond acceptors (Lipinski definition) is 3. The van der Waals surface area contributed by atoms with Gasteiger partial charge in [0.15, 0.2) is 0 Å². The number of hydrogen-bond donors (Lipinski definition) is 2. The summed E-state index contributed by atoms with van der Waals surface area (Å²) in [4.78, 5) is 25.2. The van der Waals surface area contributed by atoms with Gasteiger partial charge in [-0.1, -0.05) is 33.6 Å². The molecule has 6 heteroatoms. The van der Waals surface area contributed by atoms with E-state index in [1.807, 2.05) is 31.2 Å². The summed E-state index contributed by atoms with van der Waals surface area (Å²) >= 11 is 3.35. The lowest BCUT2D eigenvalue weighted by Gasteiger charge is -2.11. The van der Waals surface area contributed by atoms with Crippen molar-refractivity contribution in [2.75, 3.05) is 5.32 Å². The first-order valence-corrected chi connectivity index (χ1v) is 9.01. The van der Waals surface area contributed by atoms with Crippen LogP contribution < -0.4 is 10.6 Å². The number of nitrogens with one attached hydrogen (secondary N) is 2. The summed E-state index contributed by atoms with van der Waals surface area (Å²) in [5, 5.41) is 5.43. The van der Waals surface area contributed by atoms with Crippen molar-refractivity contribution in [3.8, 4) is 0 Å². The molecule has 0 unspecified atom stereocenters. The van der Waals surface area contributed by atoms with Crippen LogP contribution >= 0.6 is 15.9 Å². The predicted molar refractivity (Wildman–Crippen MR) is 108 cm³/mol. The highest BCUT2D eigenvalue weighted by Gasteiger charge is 2.15. The summed E-state index contributed by atoms with van der Waals surface area (Å²) < 4.78 is 6.17. The molecule has 27 heavy (non-hydrogen) atoms. The summed E-state index contributed by atoms with van der Waals surface area (Å²) in [5.74, 6) is -0.367. The van der Waals surface area contributed by atoms with Crippen molar-refractivity contribution >= 4 is 39.5 Å². The van der Waals surface area contributed by atoms with Crippen molar-refractivity contribution in [2.45, 2.75) is 6.92 Å². The normalized spacial score (nSPS) is 11.1. The van der Waals surface area contributed by atoms with Crippen LogP contribution in [0.3, 0.4) is 0 Å². The molecule has 0 saturated heterocycles. The highest BCUT2D eigenvalue weighted by atomic mass is 79.9. The Balaban J connectivity index is 1.82. The first kappa shape index (κ1) is 18.7. The Labute approximate surface area is 165 Å². The van der Waals surface area contributed by atoms with Crippen LogP contribution in [0.2, 0.25) is 0 Å². The molecule has 1 aromatic heterocycles. The molecule has 3 rings (SSSR count). The minimum atomic E-state index is -0.450. The van der Waals surface area contributed by atoms with Crippen molar-refractivity contribution in [1.29, 1.82) is 0 Å². The number of amides is 2. The van der Waals surface area contributed by atoms with E-state index in [0.717, 1.165) is 10.0 Å². The van der Waals surface area contributed by atoms with E-state index in [9.17, 15) is 9.59 Å². The Morgan fingerprint density at radius 1 is 1.00 bits per heavy atom. The molecule has 2 aromatic carbocycles. The Hall–Kier alpha value is -3.12. The van der Waals surface area contributed by atoms with Crippen LogP contribution in [0.1, 0.15) is 21.7 Å². The largest absolute Gasteiger partial charge is 0.465 e. The van der Waals surface area contributed by atoms with Crippen LogP contribution in [0, 0.1) is 6.92 Å². The van der Waals surface area contributed by atoms with Gasteiger partial charge in [0.25, 0.3) is 11.8 Å². The highest BCUT2D eigenvalue weighted by molar-refractivity contribution is 9.10. The third-order valence-electron chi connectivity index (χ3n) is 3.74. The average molecular weight is 425 g/mol. The predicted octanol–water partition coefficient (Wildman–Crippen LogP) is 4.76. The van der Waals surface area contributed by atoms with Gasteiger partial charge in [-0.25, -0.2) is 0 Å². The maximum atomic E-state index is 12.7. The first-order chi connectivity index (χ1) is 13.0. The standard InChI is InChI=1S/C21H17BrN2O3/c1-14-4-6-15(7-5-14)20(25)24-19(13-18-3-2-12-27-18)21(26)23-17-10-8-16(22)9-11-17/h2-13H,1H3,(H,23,26)(H,24,25)/b19-13-. The van der Waals surface area contributed by atoms with Gasteiger partial charge in [-0.15, -0.1) is 0 Å². The van der Waals surface area contributed by atoms with Crippen LogP contribution in [0.25, 0.3) is 6.08 Å². The zero-order chi connectivity index (χ0) is 19.2. The van der Waals surface area contributed by atoms with Gasteiger partial charge in [0.05, 0.1) is 6.26 Å². The van der Waals surface area contributed by atoms with E-state index in [1.165, 1.54) is 12.3 Å². The molecule has 0 fully saturated rings. The minimum absolute atomic E-state index is 0.0819. The fraction of sp³-hybridized carbons (Fsp3) is 0.0476. The molecule has 0 radical (unpaired) electrons. The molecular formula is C21H17BrN2O3. The van der Waals surface area contributed by atoms with Gasteiger partial charge < -0.3 is 15.1 Å². The lowest BCUT2D eigenvalue weighted by molar-refractivity contribution is -0.113. The lowest BCUT2D eigenvalue weighted by atomic mass is 10.1.